The van der Waals surface area contributed by atoms with Gasteiger partial charge in [0.25, 0.3) is 0 Å². The third-order valence-corrected chi connectivity index (χ3v) is 4.59. The lowest BCUT2D eigenvalue weighted by Gasteiger charge is -2.28. The van der Waals surface area contributed by atoms with E-state index in [1.54, 1.807) is 37.7 Å². The third-order valence-electron chi connectivity index (χ3n) is 3.33. The van der Waals surface area contributed by atoms with E-state index in [1.165, 1.54) is 11.8 Å². The Labute approximate surface area is 127 Å². The number of carbonyl (C=O) groups is 2. The van der Waals surface area contributed by atoms with Gasteiger partial charge in [0, 0.05) is 0 Å². The molecule has 1 aromatic carbocycles. The summed E-state index contributed by atoms with van der Waals surface area (Å²) in [5.74, 6) is -0.412. The van der Waals surface area contributed by atoms with E-state index in [1.807, 2.05) is 12.1 Å². The first-order chi connectivity index (χ1) is 9.94. The molecule has 1 amide bonds. The third kappa shape index (κ3) is 3.58. The van der Waals surface area contributed by atoms with Crippen molar-refractivity contribution in [3.8, 4) is 5.75 Å². The van der Waals surface area contributed by atoms with E-state index >= 15 is 0 Å². The number of carboxylic acids is 1. The lowest BCUT2D eigenvalue weighted by atomic mass is 9.97. The average molecular weight is 307 g/mol. The van der Waals surface area contributed by atoms with Crippen LogP contribution in [0.4, 0.5) is 0 Å². The standard InChI is InChI=1S/C15H17NO4S/c1-15(7-8-21-13(15)14(18)19)16-12(17)9-10-3-5-11(20-2)6-4-10/h3-8,13H,9H2,1-2H3,(H,16,17)(H,18,19). The largest absolute Gasteiger partial charge is 0.497 e. The van der Waals surface area contributed by atoms with Gasteiger partial charge in [-0.3, -0.25) is 9.59 Å². The van der Waals surface area contributed by atoms with E-state index in [0.717, 1.165) is 11.3 Å². The first-order valence-corrected chi connectivity index (χ1v) is 7.39. The van der Waals surface area contributed by atoms with E-state index in [4.69, 9.17) is 4.74 Å². The van der Waals surface area contributed by atoms with Crippen LogP contribution >= 0.6 is 11.8 Å². The van der Waals surface area contributed by atoms with Gasteiger partial charge in [-0.15, -0.1) is 11.8 Å². The molecule has 5 nitrogen and oxygen atoms in total. The Hall–Kier alpha value is -1.95. The number of nitrogens with one attached hydrogen (secondary N) is 1. The molecule has 21 heavy (non-hydrogen) atoms. The normalized spacial score (nSPS) is 23.8. The van der Waals surface area contributed by atoms with Crippen LogP contribution in [-0.4, -0.2) is 34.9 Å². The molecular formula is C15H17NO4S. The number of hydrogen-bond donors (Lipinski definition) is 2. The second-order valence-corrected chi connectivity index (χ2v) is 6.03. The molecule has 1 heterocycles. The van der Waals surface area contributed by atoms with Gasteiger partial charge in [0.15, 0.2) is 0 Å². The fraction of sp³-hybridized carbons (Fsp3) is 0.333. The van der Waals surface area contributed by atoms with E-state index < -0.39 is 16.8 Å². The van der Waals surface area contributed by atoms with Crippen molar-refractivity contribution in [3.63, 3.8) is 0 Å². The van der Waals surface area contributed by atoms with E-state index in [-0.39, 0.29) is 12.3 Å². The molecule has 1 aromatic rings. The summed E-state index contributed by atoms with van der Waals surface area (Å²) in [6.45, 7) is 1.72. The molecule has 0 fully saturated rings. The van der Waals surface area contributed by atoms with Gasteiger partial charge in [-0.2, -0.15) is 0 Å². The van der Waals surface area contributed by atoms with Crippen LogP contribution in [0.3, 0.4) is 0 Å². The SMILES string of the molecule is COc1ccc(CC(=O)NC2(C)C=CSC2C(=O)O)cc1. The number of carbonyl (C=O) groups excluding carboxylic acids is 1. The first-order valence-electron chi connectivity index (χ1n) is 6.44. The van der Waals surface area contributed by atoms with Gasteiger partial charge in [0.2, 0.25) is 5.91 Å². The molecule has 2 rings (SSSR count). The molecule has 2 N–H and O–H groups in total. The van der Waals surface area contributed by atoms with Gasteiger partial charge in [-0.1, -0.05) is 18.2 Å². The van der Waals surface area contributed by atoms with Crippen molar-refractivity contribution in [2.45, 2.75) is 24.1 Å². The topological polar surface area (TPSA) is 75.6 Å². The fourth-order valence-corrected chi connectivity index (χ4v) is 3.24. The highest BCUT2D eigenvalue weighted by Crippen LogP contribution is 2.33. The zero-order valence-corrected chi connectivity index (χ0v) is 12.6. The van der Waals surface area contributed by atoms with Crippen molar-refractivity contribution >= 4 is 23.6 Å². The lowest BCUT2D eigenvalue weighted by molar-refractivity contribution is -0.137. The maximum atomic E-state index is 12.1. The van der Waals surface area contributed by atoms with Crippen molar-refractivity contribution in [2.24, 2.45) is 0 Å². The number of aliphatic carboxylic acids is 1. The minimum Gasteiger partial charge on any atom is -0.497 e. The lowest BCUT2D eigenvalue weighted by Crippen LogP contribution is -2.53. The molecule has 2 atom stereocenters. The summed E-state index contributed by atoms with van der Waals surface area (Å²) in [6, 6.07) is 7.20. The van der Waals surface area contributed by atoms with Crippen LogP contribution < -0.4 is 10.1 Å². The van der Waals surface area contributed by atoms with Crippen molar-refractivity contribution < 1.29 is 19.4 Å². The number of amides is 1. The summed E-state index contributed by atoms with van der Waals surface area (Å²) in [5.41, 5.74) is -0.0153. The molecule has 0 aromatic heterocycles. The predicted molar refractivity (Wildman–Crippen MR) is 81.4 cm³/mol. The van der Waals surface area contributed by atoms with Crippen molar-refractivity contribution in [3.05, 3.63) is 41.3 Å². The average Bonchev–Trinajstić information content (AvgIpc) is 2.81. The molecular weight excluding hydrogens is 290 g/mol. The number of hydrogen-bond acceptors (Lipinski definition) is 4. The Morgan fingerprint density at radius 1 is 1.38 bits per heavy atom. The number of methoxy groups -OCH3 is 1. The zero-order chi connectivity index (χ0) is 15.5. The maximum absolute atomic E-state index is 12.1. The van der Waals surface area contributed by atoms with Crippen LogP contribution in [0.5, 0.6) is 5.75 Å². The molecule has 112 valence electrons. The Balaban J connectivity index is 2.00. The predicted octanol–water partition coefficient (Wildman–Crippen LogP) is 1.83. The molecule has 0 radical (unpaired) electrons. The van der Waals surface area contributed by atoms with Gasteiger partial charge in [-0.05, 0) is 30.0 Å². The second kappa shape index (κ2) is 6.22. The highest BCUT2D eigenvalue weighted by Gasteiger charge is 2.41. The molecule has 1 aliphatic heterocycles. The number of rotatable bonds is 5. The summed E-state index contributed by atoms with van der Waals surface area (Å²) in [6.07, 6.45) is 1.92. The Morgan fingerprint density at radius 3 is 2.62 bits per heavy atom. The summed E-state index contributed by atoms with van der Waals surface area (Å²) < 4.78 is 5.06. The molecule has 0 spiro atoms. The number of ether oxygens (including phenoxy) is 1. The van der Waals surface area contributed by atoms with Gasteiger partial charge in [-0.25, -0.2) is 0 Å². The molecule has 1 aliphatic rings. The summed E-state index contributed by atoms with van der Waals surface area (Å²) in [7, 11) is 1.58. The zero-order valence-electron chi connectivity index (χ0n) is 11.8. The second-order valence-electron chi connectivity index (χ2n) is 5.01. The smallest absolute Gasteiger partial charge is 0.319 e. The Morgan fingerprint density at radius 2 is 2.05 bits per heavy atom. The van der Waals surface area contributed by atoms with Crippen LogP contribution in [0.2, 0.25) is 0 Å². The Bertz CT molecular complexity index is 570. The van der Waals surface area contributed by atoms with Crippen molar-refractivity contribution in [1.29, 1.82) is 0 Å². The number of benzene rings is 1. The summed E-state index contributed by atoms with van der Waals surface area (Å²) in [5, 5.41) is 13.0. The van der Waals surface area contributed by atoms with E-state index in [9.17, 15) is 14.7 Å². The minimum atomic E-state index is -0.933. The van der Waals surface area contributed by atoms with Crippen LogP contribution in [0.15, 0.2) is 35.7 Å². The summed E-state index contributed by atoms with van der Waals surface area (Å²) >= 11 is 1.20. The molecule has 0 bridgehead atoms. The van der Waals surface area contributed by atoms with Crippen LogP contribution in [0.1, 0.15) is 12.5 Å². The highest BCUT2D eigenvalue weighted by molar-refractivity contribution is 8.03. The molecule has 0 saturated heterocycles. The van der Waals surface area contributed by atoms with Gasteiger partial charge in [0.1, 0.15) is 11.0 Å². The monoisotopic (exact) mass is 307 g/mol. The van der Waals surface area contributed by atoms with Crippen molar-refractivity contribution in [1.82, 2.24) is 5.32 Å². The number of carboxylic acid groups (broad SMARTS) is 1. The minimum absolute atomic E-state index is 0.199. The van der Waals surface area contributed by atoms with Crippen LogP contribution in [0, 0.1) is 0 Å². The maximum Gasteiger partial charge on any atom is 0.319 e. The first kappa shape index (κ1) is 15.4. The van der Waals surface area contributed by atoms with E-state index in [0.29, 0.717) is 0 Å². The van der Waals surface area contributed by atoms with Gasteiger partial charge in [0.05, 0.1) is 19.1 Å². The fourth-order valence-electron chi connectivity index (χ4n) is 2.18. The quantitative estimate of drug-likeness (QED) is 0.868. The van der Waals surface area contributed by atoms with E-state index in [2.05, 4.69) is 5.32 Å². The highest BCUT2D eigenvalue weighted by atomic mass is 32.2. The molecule has 0 saturated carbocycles. The van der Waals surface area contributed by atoms with Crippen molar-refractivity contribution in [2.75, 3.05) is 7.11 Å². The van der Waals surface area contributed by atoms with Crippen LogP contribution in [0.25, 0.3) is 0 Å². The van der Waals surface area contributed by atoms with Crippen LogP contribution in [-0.2, 0) is 16.0 Å². The van der Waals surface area contributed by atoms with Gasteiger partial charge >= 0.3 is 5.97 Å². The molecule has 6 heteroatoms. The molecule has 2 unspecified atom stereocenters. The summed E-state index contributed by atoms with van der Waals surface area (Å²) in [4.78, 5) is 23.3. The Kier molecular flexibility index (Phi) is 4.57. The van der Waals surface area contributed by atoms with Gasteiger partial charge < -0.3 is 15.2 Å². The molecule has 0 aliphatic carbocycles. The number of thioether (sulfide) groups is 1.